The summed E-state index contributed by atoms with van der Waals surface area (Å²) >= 11 is 1.58. The number of aromatic nitrogens is 3. The predicted octanol–water partition coefficient (Wildman–Crippen LogP) is 3.89. The molecule has 0 saturated carbocycles. The summed E-state index contributed by atoms with van der Waals surface area (Å²) in [7, 11) is 1.84. The number of carbonyl (C=O) groups excluding carboxylic acids is 1. The number of likely N-dealkylation sites (N-methyl/N-ethyl adjacent to an activating group) is 1. The molecule has 0 saturated heterocycles. The van der Waals surface area contributed by atoms with Gasteiger partial charge in [0, 0.05) is 31.9 Å². The fourth-order valence-corrected chi connectivity index (χ4v) is 4.36. The molecular formula is C21H29N5OS. The average molecular weight is 400 g/mol. The van der Waals surface area contributed by atoms with Crippen LogP contribution in [0.3, 0.4) is 0 Å². The Balaban J connectivity index is 1.97. The molecule has 150 valence electrons. The van der Waals surface area contributed by atoms with Crippen LogP contribution in [0.25, 0.3) is 10.2 Å². The molecule has 2 aromatic heterocycles. The van der Waals surface area contributed by atoms with Crippen molar-refractivity contribution in [1.29, 1.82) is 0 Å². The molecule has 28 heavy (non-hydrogen) atoms. The van der Waals surface area contributed by atoms with Crippen LogP contribution in [0.1, 0.15) is 42.4 Å². The molecule has 3 rings (SSSR count). The smallest absolute Gasteiger partial charge is 0.280 e. The van der Waals surface area contributed by atoms with Crippen LogP contribution in [0.4, 0.5) is 5.13 Å². The third-order valence-electron chi connectivity index (χ3n) is 5.07. The average Bonchev–Trinajstić information content (AvgIpc) is 3.26. The van der Waals surface area contributed by atoms with E-state index in [1.807, 2.05) is 26.2 Å². The van der Waals surface area contributed by atoms with Crippen molar-refractivity contribution in [3.63, 3.8) is 0 Å². The molecule has 3 aromatic rings. The van der Waals surface area contributed by atoms with Gasteiger partial charge in [-0.2, -0.15) is 5.10 Å². The molecule has 0 bridgehead atoms. The number of carbonyl (C=O) groups is 1. The Morgan fingerprint density at radius 2 is 1.93 bits per heavy atom. The van der Waals surface area contributed by atoms with Crippen LogP contribution >= 0.6 is 11.3 Å². The molecule has 0 atom stereocenters. The summed E-state index contributed by atoms with van der Waals surface area (Å²) in [6.07, 6.45) is 2.86. The van der Waals surface area contributed by atoms with Crippen molar-refractivity contribution < 1.29 is 4.79 Å². The van der Waals surface area contributed by atoms with Crippen molar-refractivity contribution in [3.05, 3.63) is 41.2 Å². The van der Waals surface area contributed by atoms with E-state index in [1.54, 1.807) is 20.9 Å². The molecule has 1 amide bonds. The molecule has 0 aliphatic heterocycles. The summed E-state index contributed by atoms with van der Waals surface area (Å²) in [6.45, 7) is 11.7. The Labute approximate surface area is 170 Å². The first-order valence-corrected chi connectivity index (χ1v) is 10.7. The second kappa shape index (κ2) is 8.84. The number of amides is 1. The molecule has 0 aliphatic rings. The van der Waals surface area contributed by atoms with Gasteiger partial charge in [0.25, 0.3) is 5.91 Å². The van der Waals surface area contributed by atoms with Gasteiger partial charge in [-0.1, -0.05) is 38.2 Å². The van der Waals surface area contributed by atoms with Gasteiger partial charge in [0.2, 0.25) is 0 Å². The number of nitrogens with zero attached hydrogens (tertiary/aromatic N) is 5. The number of thiazole rings is 1. The number of hydrogen-bond donors (Lipinski definition) is 0. The highest BCUT2D eigenvalue weighted by Crippen LogP contribution is 2.30. The summed E-state index contributed by atoms with van der Waals surface area (Å²) in [4.78, 5) is 22.2. The molecule has 0 spiro atoms. The molecular weight excluding hydrogens is 370 g/mol. The van der Waals surface area contributed by atoms with E-state index in [4.69, 9.17) is 4.98 Å². The van der Waals surface area contributed by atoms with E-state index < -0.39 is 0 Å². The van der Waals surface area contributed by atoms with Gasteiger partial charge < -0.3 is 4.90 Å². The summed E-state index contributed by atoms with van der Waals surface area (Å²) in [6, 6.07) is 6.33. The van der Waals surface area contributed by atoms with Crippen LogP contribution in [-0.4, -0.2) is 51.8 Å². The van der Waals surface area contributed by atoms with Crippen LogP contribution in [0.5, 0.6) is 0 Å². The summed E-state index contributed by atoms with van der Waals surface area (Å²) in [5.41, 5.74) is 3.60. The number of aryl methyl sites for hydroxylation is 3. The molecule has 6 nitrogen and oxygen atoms in total. The maximum atomic E-state index is 13.4. The van der Waals surface area contributed by atoms with Crippen molar-refractivity contribution in [2.75, 3.05) is 31.1 Å². The highest BCUT2D eigenvalue weighted by Gasteiger charge is 2.25. The lowest BCUT2D eigenvalue weighted by Crippen LogP contribution is -2.39. The Morgan fingerprint density at radius 3 is 2.54 bits per heavy atom. The second-order valence-electron chi connectivity index (χ2n) is 6.97. The van der Waals surface area contributed by atoms with Gasteiger partial charge in [0.1, 0.15) is 0 Å². The van der Waals surface area contributed by atoms with Crippen molar-refractivity contribution in [2.45, 2.75) is 34.1 Å². The molecule has 1 aromatic carbocycles. The normalized spacial score (nSPS) is 11.5. The van der Waals surface area contributed by atoms with Gasteiger partial charge in [-0.05, 0) is 44.1 Å². The minimum absolute atomic E-state index is 0.0833. The van der Waals surface area contributed by atoms with Crippen molar-refractivity contribution >= 4 is 32.6 Å². The molecule has 2 heterocycles. The van der Waals surface area contributed by atoms with Crippen LogP contribution in [0.15, 0.2) is 24.4 Å². The third-order valence-corrected chi connectivity index (χ3v) is 6.12. The summed E-state index contributed by atoms with van der Waals surface area (Å²) < 4.78 is 2.81. The zero-order chi connectivity index (χ0) is 20.3. The number of hydrogen-bond acceptors (Lipinski definition) is 5. The Bertz CT molecular complexity index is 957. The lowest BCUT2D eigenvalue weighted by atomic mass is 10.2. The van der Waals surface area contributed by atoms with E-state index in [9.17, 15) is 4.79 Å². The number of benzene rings is 1. The predicted molar refractivity (Wildman–Crippen MR) is 116 cm³/mol. The topological polar surface area (TPSA) is 54.3 Å². The minimum atomic E-state index is -0.0833. The largest absolute Gasteiger partial charge is 0.302 e. The molecule has 0 N–H and O–H groups in total. The van der Waals surface area contributed by atoms with E-state index in [1.165, 1.54) is 5.56 Å². The second-order valence-corrected chi connectivity index (χ2v) is 7.98. The highest BCUT2D eigenvalue weighted by molar-refractivity contribution is 7.22. The summed E-state index contributed by atoms with van der Waals surface area (Å²) in [5.74, 6) is -0.0833. The van der Waals surface area contributed by atoms with Crippen LogP contribution in [-0.2, 0) is 13.5 Å². The van der Waals surface area contributed by atoms with Gasteiger partial charge in [-0.3, -0.25) is 14.4 Å². The first kappa shape index (κ1) is 20.5. The minimum Gasteiger partial charge on any atom is -0.302 e. The van der Waals surface area contributed by atoms with E-state index in [0.717, 1.165) is 47.0 Å². The Hall–Kier alpha value is -2.25. The lowest BCUT2D eigenvalue weighted by molar-refractivity contribution is 0.0977. The van der Waals surface area contributed by atoms with Gasteiger partial charge in [-0.15, -0.1) is 0 Å². The fourth-order valence-electron chi connectivity index (χ4n) is 3.30. The fraction of sp³-hybridized carbons (Fsp3) is 0.476. The SMILES string of the molecule is CCc1ccc2nc(N(CCN(CC)CC)C(=O)c3nn(C)cc3C)sc2c1. The third kappa shape index (κ3) is 4.25. The Kier molecular flexibility index (Phi) is 6.46. The van der Waals surface area contributed by atoms with Gasteiger partial charge in [0.05, 0.1) is 10.2 Å². The van der Waals surface area contributed by atoms with Gasteiger partial charge in [-0.25, -0.2) is 4.98 Å². The standard InChI is InChI=1S/C21H29N5OS/c1-6-16-9-10-17-18(13-16)28-21(22-17)26(12-11-25(7-2)8-3)20(27)19-15(4)14-24(5)23-19/h9-10,13-14H,6-8,11-12H2,1-5H3. The molecule has 7 heteroatoms. The maximum Gasteiger partial charge on any atom is 0.280 e. The monoisotopic (exact) mass is 399 g/mol. The maximum absolute atomic E-state index is 13.4. The highest BCUT2D eigenvalue weighted by atomic mass is 32.1. The first-order valence-electron chi connectivity index (χ1n) is 9.90. The zero-order valence-electron chi connectivity index (χ0n) is 17.4. The van der Waals surface area contributed by atoms with Crippen molar-refractivity contribution in [2.24, 2.45) is 7.05 Å². The van der Waals surface area contributed by atoms with Crippen molar-refractivity contribution in [1.82, 2.24) is 19.7 Å². The molecule has 0 unspecified atom stereocenters. The van der Waals surface area contributed by atoms with E-state index in [0.29, 0.717) is 12.2 Å². The lowest BCUT2D eigenvalue weighted by Gasteiger charge is -2.24. The number of rotatable bonds is 8. The van der Waals surface area contributed by atoms with E-state index in [-0.39, 0.29) is 5.91 Å². The van der Waals surface area contributed by atoms with Crippen LogP contribution in [0, 0.1) is 6.92 Å². The number of anilines is 1. The first-order chi connectivity index (χ1) is 13.5. The Morgan fingerprint density at radius 1 is 1.18 bits per heavy atom. The van der Waals surface area contributed by atoms with Crippen LogP contribution in [0.2, 0.25) is 0 Å². The van der Waals surface area contributed by atoms with Crippen molar-refractivity contribution in [3.8, 4) is 0 Å². The van der Waals surface area contributed by atoms with E-state index in [2.05, 4.69) is 42.9 Å². The zero-order valence-corrected chi connectivity index (χ0v) is 18.2. The van der Waals surface area contributed by atoms with E-state index >= 15 is 0 Å². The molecule has 0 radical (unpaired) electrons. The van der Waals surface area contributed by atoms with Crippen LogP contribution < -0.4 is 4.90 Å². The quantitative estimate of drug-likeness (QED) is 0.577. The molecule has 0 aliphatic carbocycles. The summed E-state index contributed by atoms with van der Waals surface area (Å²) in [5, 5.41) is 5.14. The number of fused-ring (bicyclic) bond motifs is 1. The molecule has 0 fully saturated rings. The van der Waals surface area contributed by atoms with Gasteiger partial charge >= 0.3 is 0 Å². The van der Waals surface area contributed by atoms with Gasteiger partial charge in [0.15, 0.2) is 10.8 Å².